The van der Waals surface area contributed by atoms with E-state index in [2.05, 4.69) is 5.32 Å². The molecule has 1 N–H and O–H groups in total. The van der Waals surface area contributed by atoms with Crippen molar-refractivity contribution in [2.75, 3.05) is 13.1 Å². The van der Waals surface area contributed by atoms with Crippen molar-refractivity contribution in [2.45, 2.75) is 34.2 Å². The first kappa shape index (κ1) is 17.1. The fraction of sp³-hybridized carbons (Fsp3) is 0.500. The van der Waals surface area contributed by atoms with Crippen LogP contribution < -0.4 is 5.32 Å². The predicted octanol–water partition coefficient (Wildman–Crippen LogP) is 2.34. The van der Waals surface area contributed by atoms with Crippen LogP contribution in [-0.4, -0.2) is 29.8 Å². The van der Waals surface area contributed by atoms with E-state index < -0.39 is 11.3 Å². The van der Waals surface area contributed by atoms with E-state index in [1.54, 1.807) is 36.9 Å². The van der Waals surface area contributed by atoms with Crippen molar-refractivity contribution >= 4 is 11.8 Å². The van der Waals surface area contributed by atoms with Gasteiger partial charge in [0.2, 0.25) is 11.8 Å². The molecule has 0 unspecified atom stereocenters. The van der Waals surface area contributed by atoms with Crippen molar-refractivity contribution in [3.8, 4) is 0 Å². The van der Waals surface area contributed by atoms with Gasteiger partial charge in [0.15, 0.2) is 0 Å². The zero-order valence-corrected chi connectivity index (χ0v) is 13.1. The van der Waals surface area contributed by atoms with Crippen LogP contribution in [0.4, 0.5) is 4.39 Å². The first-order valence-corrected chi connectivity index (χ1v) is 7.15. The van der Waals surface area contributed by atoms with E-state index in [1.165, 1.54) is 6.07 Å². The Labute approximate surface area is 125 Å². The largest absolute Gasteiger partial charge is 0.351 e. The number of rotatable bonds is 6. The van der Waals surface area contributed by atoms with E-state index in [-0.39, 0.29) is 18.3 Å². The summed E-state index contributed by atoms with van der Waals surface area (Å²) in [7, 11) is 0. The summed E-state index contributed by atoms with van der Waals surface area (Å²) in [5, 5.41) is 2.64. The third kappa shape index (κ3) is 4.03. The average Bonchev–Trinajstić information content (AvgIpc) is 2.47. The Kier molecular flexibility index (Phi) is 5.88. The quantitative estimate of drug-likeness (QED) is 0.819. The van der Waals surface area contributed by atoms with Gasteiger partial charge in [-0.15, -0.1) is 0 Å². The van der Waals surface area contributed by atoms with Crippen LogP contribution in [0.3, 0.4) is 0 Å². The number of halogens is 1. The highest BCUT2D eigenvalue weighted by Crippen LogP contribution is 2.19. The summed E-state index contributed by atoms with van der Waals surface area (Å²) in [6, 6.07) is 6.24. The number of hydrogen-bond donors (Lipinski definition) is 1. The van der Waals surface area contributed by atoms with E-state index in [9.17, 15) is 14.0 Å². The third-order valence-electron chi connectivity index (χ3n) is 3.55. The van der Waals surface area contributed by atoms with Gasteiger partial charge in [-0.2, -0.15) is 0 Å². The fourth-order valence-electron chi connectivity index (χ4n) is 2.04. The summed E-state index contributed by atoms with van der Waals surface area (Å²) in [6.07, 6.45) is 0. The molecule has 21 heavy (non-hydrogen) atoms. The van der Waals surface area contributed by atoms with Crippen LogP contribution in [0.25, 0.3) is 0 Å². The van der Waals surface area contributed by atoms with Crippen LogP contribution >= 0.6 is 0 Å². The van der Waals surface area contributed by atoms with E-state index in [0.29, 0.717) is 18.7 Å². The Balaban J connectivity index is 2.74. The number of carbonyl (C=O) groups excluding carboxylic acids is 2. The highest BCUT2D eigenvalue weighted by Gasteiger charge is 2.38. The van der Waals surface area contributed by atoms with Gasteiger partial charge in [-0.25, -0.2) is 4.39 Å². The van der Waals surface area contributed by atoms with Gasteiger partial charge in [0.05, 0.1) is 0 Å². The highest BCUT2D eigenvalue weighted by atomic mass is 19.1. The summed E-state index contributed by atoms with van der Waals surface area (Å²) >= 11 is 0. The summed E-state index contributed by atoms with van der Waals surface area (Å²) in [6.45, 7) is 8.09. The van der Waals surface area contributed by atoms with Crippen molar-refractivity contribution in [2.24, 2.45) is 5.41 Å². The second-order valence-electron chi connectivity index (χ2n) is 5.38. The second kappa shape index (κ2) is 7.20. The van der Waals surface area contributed by atoms with Crippen LogP contribution in [0.15, 0.2) is 24.3 Å². The summed E-state index contributed by atoms with van der Waals surface area (Å²) in [4.78, 5) is 26.2. The smallest absolute Gasteiger partial charge is 0.237 e. The normalized spacial score (nSPS) is 11.1. The molecule has 0 heterocycles. The topological polar surface area (TPSA) is 49.4 Å². The number of amides is 2. The minimum atomic E-state index is -1.17. The van der Waals surface area contributed by atoms with E-state index in [1.807, 2.05) is 13.8 Å². The lowest BCUT2D eigenvalue weighted by Gasteiger charge is -2.29. The van der Waals surface area contributed by atoms with Crippen molar-refractivity contribution in [3.63, 3.8) is 0 Å². The number of carbonyl (C=O) groups is 2. The second-order valence-corrected chi connectivity index (χ2v) is 5.38. The molecule has 5 heteroatoms. The zero-order chi connectivity index (χ0) is 16.0. The van der Waals surface area contributed by atoms with Gasteiger partial charge in [-0.05, 0) is 33.8 Å². The van der Waals surface area contributed by atoms with E-state index >= 15 is 0 Å². The lowest BCUT2D eigenvalue weighted by Crippen LogP contribution is -2.49. The Morgan fingerprint density at radius 2 is 1.76 bits per heavy atom. The maximum Gasteiger partial charge on any atom is 0.237 e. The average molecular weight is 294 g/mol. The van der Waals surface area contributed by atoms with Crippen molar-refractivity contribution in [1.82, 2.24) is 10.2 Å². The van der Waals surface area contributed by atoms with Crippen LogP contribution in [-0.2, 0) is 16.1 Å². The lowest BCUT2D eigenvalue weighted by atomic mass is 9.90. The van der Waals surface area contributed by atoms with Crippen LogP contribution in [0, 0.1) is 11.2 Å². The molecule has 4 nitrogen and oxygen atoms in total. The van der Waals surface area contributed by atoms with Gasteiger partial charge in [0.25, 0.3) is 0 Å². The van der Waals surface area contributed by atoms with Crippen molar-refractivity contribution < 1.29 is 14.0 Å². The molecule has 0 saturated heterocycles. The molecule has 116 valence electrons. The molecule has 0 aliphatic carbocycles. The van der Waals surface area contributed by atoms with Crippen molar-refractivity contribution in [3.05, 3.63) is 35.6 Å². The number of benzene rings is 1. The molecule has 0 spiro atoms. The molecule has 1 aromatic rings. The fourth-order valence-corrected chi connectivity index (χ4v) is 2.04. The van der Waals surface area contributed by atoms with E-state index in [0.717, 1.165) is 0 Å². The summed E-state index contributed by atoms with van der Waals surface area (Å²) < 4.78 is 13.5. The number of hydrogen-bond acceptors (Lipinski definition) is 2. The number of nitrogens with one attached hydrogen (secondary N) is 1. The molecular weight excluding hydrogens is 271 g/mol. The van der Waals surface area contributed by atoms with Crippen molar-refractivity contribution in [1.29, 1.82) is 0 Å². The highest BCUT2D eigenvalue weighted by molar-refractivity contribution is 6.04. The Morgan fingerprint density at radius 1 is 1.19 bits per heavy atom. The zero-order valence-electron chi connectivity index (χ0n) is 13.1. The number of nitrogens with zero attached hydrogens (tertiary/aromatic N) is 1. The Morgan fingerprint density at radius 3 is 2.29 bits per heavy atom. The Hall–Kier alpha value is -1.91. The van der Waals surface area contributed by atoms with Crippen LogP contribution in [0.2, 0.25) is 0 Å². The van der Waals surface area contributed by atoms with Gasteiger partial charge in [0, 0.05) is 25.2 Å². The van der Waals surface area contributed by atoms with Gasteiger partial charge >= 0.3 is 0 Å². The first-order valence-electron chi connectivity index (χ1n) is 7.15. The molecule has 2 amide bonds. The van der Waals surface area contributed by atoms with Gasteiger partial charge in [-0.3, -0.25) is 9.59 Å². The monoisotopic (exact) mass is 294 g/mol. The molecule has 0 fully saturated rings. The van der Waals surface area contributed by atoms with Crippen LogP contribution in [0.1, 0.15) is 33.3 Å². The van der Waals surface area contributed by atoms with Gasteiger partial charge in [0.1, 0.15) is 11.2 Å². The molecule has 0 saturated carbocycles. The molecule has 0 aromatic heterocycles. The van der Waals surface area contributed by atoms with Gasteiger partial charge in [-0.1, -0.05) is 18.2 Å². The van der Waals surface area contributed by atoms with Crippen LogP contribution in [0.5, 0.6) is 0 Å². The Bertz CT molecular complexity index is 511. The summed E-state index contributed by atoms with van der Waals surface area (Å²) in [5.41, 5.74) is -0.769. The molecule has 0 atom stereocenters. The molecule has 1 aromatic carbocycles. The van der Waals surface area contributed by atoms with E-state index in [4.69, 9.17) is 0 Å². The maximum absolute atomic E-state index is 13.5. The van der Waals surface area contributed by atoms with Gasteiger partial charge < -0.3 is 10.2 Å². The predicted molar refractivity (Wildman–Crippen MR) is 80.0 cm³/mol. The molecule has 0 radical (unpaired) electrons. The standard InChI is InChI=1S/C16H23FN2O2/c1-5-19(6-2)15(21)16(3,4)14(20)18-11-12-9-7-8-10-13(12)17/h7-10H,5-6,11H2,1-4H3,(H,18,20). The first-order chi connectivity index (χ1) is 9.84. The molecule has 0 bridgehead atoms. The maximum atomic E-state index is 13.5. The molecule has 1 rings (SSSR count). The minimum absolute atomic E-state index is 0.0699. The molecular formula is C16H23FN2O2. The minimum Gasteiger partial charge on any atom is -0.351 e. The third-order valence-corrected chi connectivity index (χ3v) is 3.55. The molecule has 0 aliphatic heterocycles. The summed E-state index contributed by atoms with van der Waals surface area (Å²) in [5.74, 6) is -0.994. The lowest BCUT2D eigenvalue weighted by molar-refractivity contribution is -0.148. The SMILES string of the molecule is CCN(CC)C(=O)C(C)(C)C(=O)NCc1ccccc1F. The molecule has 0 aliphatic rings.